The Morgan fingerprint density at radius 1 is 1.09 bits per heavy atom. The molecule has 0 spiro atoms. The summed E-state index contributed by atoms with van der Waals surface area (Å²) in [6.07, 6.45) is 2.48. The maximum atomic E-state index is 4.83. The Morgan fingerprint density at radius 3 is 2.55 bits per heavy atom. The zero-order chi connectivity index (χ0) is 15.5. The first kappa shape index (κ1) is 14.8. The van der Waals surface area contributed by atoms with Gasteiger partial charge in [-0.2, -0.15) is 4.98 Å². The van der Waals surface area contributed by atoms with Crippen LogP contribution in [0.1, 0.15) is 31.0 Å². The molecule has 0 unspecified atom stereocenters. The van der Waals surface area contributed by atoms with Crippen LogP contribution in [0.4, 0.5) is 17.5 Å². The first-order valence-corrected chi connectivity index (χ1v) is 8.12. The maximum Gasteiger partial charge on any atom is 0.227 e. The molecule has 0 amide bonds. The summed E-state index contributed by atoms with van der Waals surface area (Å²) in [4.78, 5) is 14.0. The van der Waals surface area contributed by atoms with Gasteiger partial charge >= 0.3 is 0 Å². The molecule has 0 bridgehead atoms. The third-order valence-electron chi connectivity index (χ3n) is 4.12. The van der Waals surface area contributed by atoms with Crippen molar-refractivity contribution >= 4 is 17.5 Å². The van der Waals surface area contributed by atoms with E-state index in [0.29, 0.717) is 0 Å². The highest BCUT2D eigenvalue weighted by Gasteiger charge is 2.18. The molecule has 0 N–H and O–H groups in total. The molecule has 1 aromatic carbocycles. The molecular formula is C18H24N4. The summed E-state index contributed by atoms with van der Waals surface area (Å²) in [5.41, 5.74) is 3.48. The number of aryl methyl sites for hydroxylation is 2. The summed E-state index contributed by atoms with van der Waals surface area (Å²) in [5.74, 6) is 1.86. The lowest BCUT2D eigenvalue weighted by Crippen LogP contribution is -2.23. The zero-order valence-corrected chi connectivity index (χ0v) is 13.7. The van der Waals surface area contributed by atoms with Crippen molar-refractivity contribution in [2.45, 2.75) is 33.6 Å². The van der Waals surface area contributed by atoms with Gasteiger partial charge in [-0.15, -0.1) is 0 Å². The molecule has 22 heavy (non-hydrogen) atoms. The average molecular weight is 296 g/mol. The van der Waals surface area contributed by atoms with E-state index >= 15 is 0 Å². The molecule has 0 radical (unpaired) electrons. The largest absolute Gasteiger partial charge is 0.341 e. The van der Waals surface area contributed by atoms with Crippen LogP contribution in [0.2, 0.25) is 0 Å². The van der Waals surface area contributed by atoms with E-state index in [1.807, 2.05) is 0 Å². The van der Waals surface area contributed by atoms with Crippen LogP contribution in [0, 0.1) is 13.8 Å². The van der Waals surface area contributed by atoms with Gasteiger partial charge in [-0.3, -0.25) is 0 Å². The summed E-state index contributed by atoms with van der Waals surface area (Å²) < 4.78 is 0. The van der Waals surface area contributed by atoms with E-state index in [-0.39, 0.29) is 0 Å². The minimum absolute atomic E-state index is 0.874. The second-order valence-electron chi connectivity index (χ2n) is 5.94. The summed E-state index contributed by atoms with van der Waals surface area (Å²) in [6.45, 7) is 9.36. The van der Waals surface area contributed by atoms with Crippen LogP contribution in [0.15, 0.2) is 30.3 Å². The lowest BCUT2D eigenvalue weighted by atomic mass is 10.2. The van der Waals surface area contributed by atoms with E-state index in [1.54, 1.807) is 0 Å². The van der Waals surface area contributed by atoms with E-state index in [9.17, 15) is 0 Å². The molecule has 2 heterocycles. The average Bonchev–Trinajstić information content (AvgIpc) is 3.02. The van der Waals surface area contributed by atoms with Gasteiger partial charge in [0, 0.05) is 37.1 Å². The van der Waals surface area contributed by atoms with E-state index in [1.165, 1.54) is 24.1 Å². The van der Waals surface area contributed by atoms with Crippen molar-refractivity contribution < 1.29 is 0 Å². The van der Waals surface area contributed by atoms with E-state index in [4.69, 9.17) is 4.98 Å². The lowest BCUT2D eigenvalue weighted by molar-refractivity contribution is 0.874. The fraction of sp³-hybridized carbons (Fsp3) is 0.444. The number of anilines is 3. The van der Waals surface area contributed by atoms with Crippen LogP contribution in [0.25, 0.3) is 0 Å². The van der Waals surface area contributed by atoms with Gasteiger partial charge in [0.05, 0.1) is 0 Å². The molecule has 4 nitrogen and oxygen atoms in total. The van der Waals surface area contributed by atoms with Gasteiger partial charge in [0.1, 0.15) is 5.82 Å². The third-order valence-corrected chi connectivity index (χ3v) is 4.12. The van der Waals surface area contributed by atoms with Crippen LogP contribution in [0.3, 0.4) is 0 Å². The number of hydrogen-bond donors (Lipinski definition) is 0. The number of benzene rings is 1. The molecule has 0 atom stereocenters. The van der Waals surface area contributed by atoms with Crippen LogP contribution >= 0.6 is 0 Å². The standard InChI is InChI=1S/C18H24N4/c1-4-22(16-9-7-8-14(2)12-16)17-13-15(3)19-18(20-17)21-10-5-6-11-21/h7-9,12-13H,4-6,10-11H2,1-3H3. The molecule has 1 aliphatic rings. The molecule has 1 saturated heterocycles. The lowest BCUT2D eigenvalue weighted by Gasteiger charge is -2.25. The van der Waals surface area contributed by atoms with Gasteiger partial charge in [0.15, 0.2) is 0 Å². The minimum Gasteiger partial charge on any atom is -0.341 e. The zero-order valence-electron chi connectivity index (χ0n) is 13.7. The van der Waals surface area contributed by atoms with E-state index < -0.39 is 0 Å². The summed E-state index contributed by atoms with van der Waals surface area (Å²) in [6, 6.07) is 10.6. The van der Waals surface area contributed by atoms with Crippen molar-refractivity contribution in [3.05, 3.63) is 41.6 Å². The Hall–Kier alpha value is -2.10. The van der Waals surface area contributed by atoms with E-state index in [2.05, 4.69) is 65.9 Å². The molecule has 1 aromatic heterocycles. The molecule has 1 fully saturated rings. The van der Waals surface area contributed by atoms with Crippen molar-refractivity contribution in [1.29, 1.82) is 0 Å². The van der Waals surface area contributed by atoms with E-state index in [0.717, 1.165) is 37.1 Å². The predicted octanol–water partition coefficient (Wildman–Crippen LogP) is 3.85. The quantitative estimate of drug-likeness (QED) is 0.858. The van der Waals surface area contributed by atoms with Crippen molar-refractivity contribution in [2.75, 3.05) is 29.4 Å². The van der Waals surface area contributed by atoms with Crippen LogP contribution in [0.5, 0.6) is 0 Å². The Morgan fingerprint density at radius 2 is 1.86 bits per heavy atom. The molecule has 0 aliphatic carbocycles. The SMILES string of the molecule is CCN(c1cccc(C)c1)c1cc(C)nc(N2CCCC2)n1. The minimum atomic E-state index is 0.874. The number of rotatable bonds is 4. The molecular weight excluding hydrogens is 272 g/mol. The summed E-state index contributed by atoms with van der Waals surface area (Å²) in [5, 5.41) is 0. The van der Waals surface area contributed by atoms with Crippen molar-refractivity contribution in [1.82, 2.24) is 9.97 Å². The van der Waals surface area contributed by atoms with Gasteiger partial charge in [-0.1, -0.05) is 12.1 Å². The van der Waals surface area contributed by atoms with Crippen LogP contribution in [-0.2, 0) is 0 Å². The Labute approximate surface area is 132 Å². The highest BCUT2D eigenvalue weighted by molar-refractivity contribution is 5.62. The topological polar surface area (TPSA) is 32.3 Å². The normalized spacial score (nSPS) is 14.4. The van der Waals surface area contributed by atoms with Gasteiger partial charge in [0.25, 0.3) is 0 Å². The molecule has 3 rings (SSSR count). The number of nitrogens with zero attached hydrogens (tertiary/aromatic N) is 4. The predicted molar refractivity (Wildman–Crippen MR) is 92.1 cm³/mol. The number of aromatic nitrogens is 2. The second kappa shape index (κ2) is 6.34. The first-order valence-electron chi connectivity index (χ1n) is 8.12. The summed E-state index contributed by atoms with van der Waals surface area (Å²) >= 11 is 0. The first-order chi connectivity index (χ1) is 10.7. The van der Waals surface area contributed by atoms with Crippen LogP contribution in [-0.4, -0.2) is 29.6 Å². The van der Waals surface area contributed by atoms with Gasteiger partial charge in [0.2, 0.25) is 5.95 Å². The molecule has 116 valence electrons. The van der Waals surface area contributed by atoms with Crippen molar-refractivity contribution in [3.63, 3.8) is 0 Å². The highest BCUT2D eigenvalue weighted by atomic mass is 15.3. The highest BCUT2D eigenvalue weighted by Crippen LogP contribution is 2.27. The second-order valence-corrected chi connectivity index (χ2v) is 5.94. The fourth-order valence-electron chi connectivity index (χ4n) is 3.01. The molecule has 0 saturated carbocycles. The van der Waals surface area contributed by atoms with Crippen LogP contribution < -0.4 is 9.80 Å². The molecule has 2 aromatic rings. The van der Waals surface area contributed by atoms with Gasteiger partial charge in [-0.25, -0.2) is 4.98 Å². The summed E-state index contributed by atoms with van der Waals surface area (Å²) in [7, 11) is 0. The smallest absolute Gasteiger partial charge is 0.227 e. The third kappa shape index (κ3) is 3.06. The van der Waals surface area contributed by atoms with Crippen molar-refractivity contribution in [2.24, 2.45) is 0 Å². The fourth-order valence-corrected chi connectivity index (χ4v) is 3.01. The monoisotopic (exact) mass is 296 g/mol. The van der Waals surface area contributed by atoms with Gasteiger partial charge in [-0.05, 0) is 51.3 Å². The Bertz CT molecular complexity index is 647. The maximum absolute atomic E-state index is 4.83. The van der Waals surface area contributed by atoms with Gasteiger partial charge < -0.3 is 9.80 Å². The Kier molecular flexibility index (Phi) is 4.27. The van der Waals surface area contributed by atoms with Crippen molar-refractivity contribution in [3.8, 4) is 0 Å². The Balaban J connectivity index is 1.98. The molecule has 1 aliphatic heterocycles. The molecule has 4 heteroatoms. The number of hydrogen-bond acceptors (Lipinski definition) is 4.